The second-order valence-corrected chi connectivity index (χ2v) is 6.38. The lowest BCUT2D eigenvalue weighted by molar-refractivity contribution is -0.113. The summed E-state index contributed by atoms with van der Waals surface area (Å²) in [6, 6.07) is 9.61. The Morgan fingerprint density at radius 2 is 2.08 bits per heavy atom. The summed E-state index contributed by atoms with van der Waals surface area (Å²) < 4.78 is 5.26. The van der Waals surface area contributed by atoms with E-state index < -0.39 is 0 Å². The first-order valence-electron chi connectivity index (χ1n) is 7.40. The van der Waals surface area contributed by atoms with Crippen molar-refractivity contribution in [2.75, 3.05) is 18.2 Å². The molecule has 1 aromatic heterocycles. The Morgan fingerprint density at radius 3 is 2.75 bits per heavy atom. The largest absolute Gasteiger partial charge is 0.495 e. The Kier molecular flexibility index (Phi) is 5.83. The molecule has 5 nitrogen and oxygen atoms in total. The first kappa shape index (κ1) is 17.8. The van der Waals surface area contributed by atoms with Crippen LogP contribution in [0.2, 0.25) is 0 Å². The molecule has 0 aliphatic heterocycles. The Balaban J connectivity index is 2.10. The highest BCUT2D eigenvalue weighted by atomic mass is 32.2. The molecule has 2 aromatic rings. The minimum Gasteiger partial charge on any atom is -0.495 e. The number of methoxy groups -OCH3 is 1. The molecule has 0 unspecified atom stereocenters. The van der Waals surface area contributed by atoms with Crippen molar-refractivity contribution < 1.29 is 9.53 Å². The zero-order valence-corrected chi connectivity index (χ0v) is 15.0. The third-order valence-corrected chi connectivity index (χ3v) is 4.37. The summed E-state index contributed by atoms with van der Waals surface area (Å²) in [6.45, 7) is 5.69. The number of anilines is 1. The second kappa shape index (κ2) is 7.84. The number of hydrogen-bond donors (Lipinski definition) is 1. The van der Waals surface area contributed by atoms with E-state index in [1.165, 1.54) is 11.8 Å². The number of nitriles is 1. The van der Waals surface area contributed by atoms with Gasteiger partial charge in [-0.15, -0.1) is 0 Å². The van der Waals surface area contributed by atoms with E-state index in [0.29, 0.717) is 22.0 Å². The predicted molar refractivity (Wildman–Crippen MR) is 95.5 cm³/mol. The topological polar surface area (TPSA) is 75.0 Å². The van der Waals surface area contributed by atoms with Crippen molar-refractivity contribution in [3.05, 3.63) is 46.6 Å². The van der Waals surface area contributed by atoms with Crippen LogP contribution >= 0.6 is 11.8 Å². The summed E-state index contributed by atoms with van der Waals surface area (Å²) in [5.41, 5.74) is 3.88. The summed E-state index contributed by atoms with van der Waals surface area (Å²) in [4.78, 5) is 16.6. The molecule has 1 heterocycles. The fourth-order valence-corrected chi connectivity index (χ4v) is 3.18. The van der Waals surface area contributed by atoms with Gasteiger partial charge in [0.05, 0.1) is 24.1 Å². The van der Waals surface area contributed by atoms with E-state index in [2.05, 4.69) is 16.4 Å². The molecule has 1 amide bonds. The fraction of sp³-hybridized carbons (Fsp3) is 0.278. The quantitative estimate of drug-likeness (QED) is 0.841. The number of benzene rings is 1. The van der Waals surface area contributed by atoms with E-state index in [-0.39, 0.29) is 11.7 Å². The average Bonchev–Trinajstić information content (AvgIpc) is 2.52. The Labute approximate surface area is 146 Å². The summed E-state index contributed by atoms with van der Waals surface area (Å²) >= 11 is 1.26. The Bertz CT molecular complexity index is 813. The fourth-order valence-electron chi connectivity index (χ4n) is 2.28. The SMILES string of the molecule is COc1ccc(C)cc1NC(=O)CSc1nc(C)cc(C)c1C#N. The number of hydrogen-bond acceptors (Lipinski definition) is 5. The van der Waals surface area contributed by atoms with E-state index in [0.717, 1.165) is 16.8 Å². The average molecular weight is 341 g/mol. The van der Waals surface area contributed by atoms with Crippen LogP contribution in [-0.4, -0.2) is 23.8 Å². The van der Waals surface area contributed by atoms with Crippen LogP contribution in [0.3, 0.4) is 0 Å². The number of carbonyl (C=O) groups excluding carboxylic acids is 1. The van der Waals surface area contributed by atoms with Crippen LogP contribution in [0, 0.1) is 32.1 Å². The minimum absolute atomic E-state index is 0.168. The van der Waals surface area contributed by atoms with Gasteiger partial charge in [0, 0.05) is 5.69 Å². The number of aromatic nitrogens is 1. The maximum absolute atomic E-state index is 12.2. The summed E-state index contributed by atoms with van der Waals surface area (Å²) in [5.74, 6) is 0.608. The van der Waals surface area contributed by atoms with Crippen LogP contribution in [0.1, 0.15) is 22.4 Å². The van der Waals surface area contributed by atoms with Crippen molar-refractivity contribution in [3.63, 3.8) is 0 Å². The third kappa shape index (κ3) is 4.27. The normalized spacial score (nSPS) is 10.1. The van der Waals surface area contributed by atoms with Gasteiger partial charge in [0.15, 0.2) is 0 Å². The molecule has 1 aromatic carbocycles. The van der Waals surface area contributed by atoms with Crippen molar-refractivity contribution in [1.29, 1.82) is 5.26 Å². The molecule has 24 heavy (non-hydrogen) atoms. The minimum atomic E-state index is -0.172. The van der Waals surface area contributed by atoms with Crippen molar-refractivity contribution >= 4 is 23.4 Å². The van der Waals surface area contributed by atoms with Gasteiger partial charge in [0.1, 0.15) is 16.8 Å². The lowest BCUT2D eigenvalue weighted by Gasteiger charge is -2.11. The van der Waals surface area contributed by atoms with Gasteiger partial charge in [0.25, 0.3) is 0 Å². The maximum Gasteiger partial charge on any atom is 0.234 e. The van der Waals surface area contributed by atoms with E-state index >= 15 is 0 Å². The number of ether oxygens (including phenoxy) is 1. The predicted octanol–water partition coefficient (Wildman–Crippen LogP) is 3.62. The maximum atomic E-state index is 12.2. The summed E-state index contributed by atoms with van der Waals surface area (Å²) in [7, 11) is 1.56. The lowest BCUT2D eigenvalue weighted by Crippen LogP contribution is -2.15. The lowest BCUT2D eigenvalue weighted by atomic mass is 10.1. The Hall–Kier alpha value is -2.52. The monoisotopic (exact) mass is 341 g/mol. The van der Waals surface area contributed by atoms with Gasteiger partial charge < -0.3 is 10.1 Å². The summed E-state index contributed by atoms with van der Waals surface area (Å²) in [6.07, 6.45) is 0. The van der Waals surface area contributed by atoms with E-state index in [4.69, 9.17) is 4.74 Å². The number of pyridine rings is 1. The second-order valence-electron chi connectivity index (χ2n) is 5.41. The molecule has 6 heteroatoms. The van der Waals surface area contributed by atoms with Gasteiger partial charge in [-0.2, -0.15) is 5.26 Å². The highest BCUT2D eigenvalue weighted by molar-refractivity contribution is 8.00. The van der Waals surface area contributed by atoms with Crippen LogP contribution in [0.5, 0.6) is 5.75 Å². The molecule has 0 atom stereocenters. The number of amides is 1. The number of carbonyl (C=O) groups is 1. The number of thioether (sulfide) groups is 1. The highest BCUT2D eigenvalue weighted by Crippen LogP contribution is 2.27. The smallest absolute Gasteiger partial charge is 0.234 e. The first-order chi connectivity index (χ1) is 11.4. The Morgan fingerprint density at radius 1 is 1.33 bits per heavy atom. The molecule has 0 saturated heterocycles. The number of nitrogens with one attached hydrogen (secondary N) is 1. The van der Waals surface area contributed by atoms with Crippen molar-refractivity contribution in [3.8, 4) is 11.8 Å². The van der Waals surface area contributed by atoms with Crippen molar-refractivity contribution in [2.24, 2.45) is 0 Å². The molecule has 0 saturated carbocycles. The number of aryl methyl sites for hydroxylation is 3. The molecule has 0 aliphatic rings. The standard InChI is InChI=1S/C18H19N3O2S/c1-11-5-6-16(23-4)15(7-11)21-17(22)10-24-18-14(9-19)12(2)8-13(3)20-18/h5-8H,10H2,1-4H3,(H,21,22). The van der Waals surface area contributed by atoms with Gasteiger partial charge in [-0.3, -0.25) is 4.79 Å². The zero-order valence-electron chi connectivity index (χ0n) is 14.1. The molecule has 0 bridgehead atoms. The summed E-state index contributed by atoms with van der Waals surface area (Å²) in [5, 5.41) is 12.7. The molecule has 0 radical (unpaired) electrons. The van der Waals surface area contributed by atoms with E-state index in [1.54, 1.807) is 7.11 Å². The van der Waals surface area contributed by atoms with Crippen molar-refractivity contribution in [2.45, 2.75) is 25.8 Å². The van der Waals surface area contributed by atoms with Crippen LogP contribution in [0.15, 0.2) is 29.3 Å². The van der Waals surface area contributed by atoms with Gasteiger partial charge in [-0.25, -0.2) is 4.98 Å². The molecule has 2 rings (SSSR count). The number of rotatable bonds is 5. The van der Waals surface area contributed by atoms with Crippen LogP contribution in [0.25, 0.3) is 0 Å². The van der Waals surface area contributed by atoms with Crippen molar-refractivity contribution in [1.82, 2.24) is 4.98 Å². The van der Waals surface area contributed by atoms with Gasteiger partial charge in [0.2, 0.25) is 5.91 Å². The van der Waals surface area contributed by atoms with E-state index in [9.17, 15) is 10.1 Å². The third-order valence-electron chi connectivity index (χ3n) is 3.39. The van der Waals surface area contributed by atoms with E-state index in [1.807, 2.05) is 45.0 Å². The molecule has 0 aliphatic carbocycles. The van der Waals surface area contributed by atoms with Crippen LogP contribution < -0.4 is 10.1 Å². The van der Waals surface area contributed by atoms with Gasteiger partial charge >= 0.3 is 0 Å². The van der Waals surface area contributed by atoms with Crippen LogP contribution in [-0.2, 0) is 4.79 Å². The highest BCUT2D eigenvalue weighted by Gasteiger charge is 2.13. The van der Waals surface area contributed by atoms with Gasteiger partial charge in [-0.1, -0.05) is 17.8 Å². The molecule has 0 fully saturated rings. The van der Waals surface area contributed by atoms with Crippen LogP contribution in [0.4, 0.5) is 5.69 Å². The molecule has 1 N–H and O–H groups in total. The zero-order chi connectivity index (χ0) is 17.7. The van der Waals surface area contributed by atoms with Gasteiger partial charge in [-0.05, 0) is 50.1 Å². The number of nitrogens with zero attached hydrogens (tertiary/aromatic N) is 2. The molecule has 0 spiro atoms. The molecular weight excluding hydrogens is 322 g/mol. The molecule has 124 valence electrons. The first-order valence-corrected chi connectivity index (χ1v) is 8.38. The molecular formula is C18H19N3O2S.